The number of aliphatic carboxylic acids is 1. The van der Waals surface area contributed by atoms with Crippen LogP contribution in [0.3, 0.4) is 0 Å². The summed E-state index contributed by atoms with van der Waals surface area (Å²) < 4.78 is 5.52. The Morgan fingerprint density at radius 3 is 2.75 bits per heavy atom. The number of carbonyl (C=O) groups is 2. The first-order chi connectivity index (χ1) is 9.66. The summed E-state index contributed by atoms with van der Waals surface area (Å²) in [5.41, 5.74) is 0.964. The fourth-order valence-corrected chi connectivity index (χ4v) is 3.13. The van der Waals surface area contributed by atoms with E-state index < -0.39 is 17.8 Å². The zero-order chi connectivity index (χ0) is 14.1. The highest BCUT2D eigenvalue weighted by Gasteiger charge is 2.39. The van der Waals surface area contributed by atoms with Crippen LogP contribution in [0, 0.1) is 11.8 Å². The third kappa shape index (κ3) is 2.24. The summed E-state index contributed by atoms with van der Waals surface area (Å²) in [6.07, 6.45) is 2.04. The molecule has 0 bridgehead atoms. The number of nitrogens with one attached hydrogen (secondary N) is 1. The molecule has 106 valence electrons. The van der Waals surface area contributed by atoms with Crippen LogP contribution in [0.2, 0.25) is 0 Å². The predicted octanol–water partition coefficient (Wildman–Crippen LogP) is 1.74. The molecule has 1 fully saturated rings. The molecule has 2 aliphatic rings. The van der Waals surface area contributed by atoms with Crippen LogP contribution in [-0.2, 0) is 9.59 Å². The smallest absolute Gasteiger partial charge is 0.307 e. The van der Waals surface area contributed by atoms with Crippen LogP contribution in [0.1, 0.15) is 30.9 Å². The lowest BCUT2D eigenvalue weighted by Crippen LogP contribution is -2.38. The Morgan fingerprint density at radius 2 is 1.95 bits per heavy atom. The monoisotopic (exact) mass is 275 g/mol. The summed E-state index contributed by atoms with van der Waals surface area (Å²) >= 11 is 0. The highest BCUT2D eigenvalue weighted by Crippen LogP contribution is 2.35. The molecule has 0 radical (unpaired) electrons. The molecule has 1 aliphatic heterocycles. The van der Waals surface area contributed by atoms with Gasteiger partial charge in [-0.15, -0.1) is 0 Å². The Hall–Kier alpha value is -2.04. The van der Waals surface area contributed by atoms with E-state index >= 15 is 0 Å². The van der Waals surface area contributed by atoms with Crippen LogP contribution < -0.4 is 10.1 Å². The summed E-state index contributed by atoms with van der Waals surface area (Å²) in [6.45, 7) is 0.412. The lowest BCUT2D eigenvalue weighted by Gasteiger charge is -2.18. The maximum Gasteiger partial charge on any atom is 0.307 e. The van der Waals surface area contributed by atoms with Gasteiger partial charge in [-0.3, -0.25) is 9.59 Å². The fourth-order valence-electron chi connectivity index (χ4n) is 3.13. The zero-order valence-electron chi connectivity index (χ0n) is 11.0. The van der Waals surface area contributed by atoms with Gasteiger partial charge in [0, 0.05) is 5.56 Å². The van der Waals surface area contributed by atoms with Gasteiger partial charge in [-0.1, -0.05) is 24.6 Å². The van der Waals surface area contributed by atoms with Gasteiger partial charge in [0.25, 0.3) is 0 Å². The molecule has 0 spiro atoms. The van der Waals surface area contributed by atoms with Crippen molar-refractivity contribution in [2.75, 3.05) is 6.61 Å². The molecular formula is C15H17NO4. The Labute approximate surface area is 116 Å². The first kappa shape index (κ1) is 13.0. The van der Waals surface area contributed by atoms with Gasteiger partial charge < -0.3 is 15.2 Å². The molecule has 1 aromatic carbocycles. The number of carboxylic acid groups (broad SMARTS) is 1. The SMILES string of the molecule is O=C(O)C1CCCC1C(=O)NC1COc2ccccc21. The van der Waals surface area contributed by atoms with E-state index in [4.69, 9.17) is 9.84 Å². The second-order valence-corrected chi connectivity index (χ2v) is 5.39. The molecule has 20 heavy (non-hydrogen) atoms. The third-order valence-corrected chi connectivity index (χ3v) is 4.19. The van der Waals surface area contributed by atoms with Crippen molar-refractivity contribution in [1.29, 1.82) is 0 Å². The van der Waals surface area contributed by atoms with E-state index in [1.165, 1.54) is 0 Å². The first-order valence-electron chi connectivity index (χ1n) is 6.91. The van der Waals surface area contributed by atoms with Crippen molar-refractivity contribution in [3.63, 3.8) is 0 Å². The van der Waals surface area contributed by atoms with E-state index in [1.54, 1.807) is 0 Å². The van der Waals surface area contributed by atoms with Crippen LogP contribution in [0.5, 0.6) is 5.75 Å². The summed E-state index contributed by atoms with van der Waals surface area (Å²) in [5.74, 6) is -1.21. The quantitative estimate of drug-likeness (QED) is 0.881. The summed E-state index contributed by atoms with van der Waals surface area (Å²) in [7, 11) is 0. The zero-order valence-corrected chi connectivity index (χ0v) is 11.0. The highest BCUT2D eigenvalue weighted by atomic mass is 16.5. The molecule has 3 atom stereocenters. The minimum atomic E-state index is -0.870. The van der Waals surface area contributed by atoms with E-state index in [0.29, 0.717) is 19.4 Å². The molecule has 1 aliphatic carbocycles. The van der Waals surface area contributed by atoms with Crippen molar-refractivity contribution in [2.24, 2.45) is 11.8 Å². The number of amides is 1. The second-order valence-electron chi connectivity index (χ2n) is 5.39. The van der Waals surface area contributed by atoms with Gasteiger partial charge in [0.05, 0.1) is 17.9 Å². The molecule has 0 saturated heterocycles. The maximum absolute atomic E-state index is 12.3. The van der Waals surface area contributed by atoms with Crippen LogP contribution in [0.15, 0.2) is 24.3 Å². The van der Waals surface area contributed by atoms with Crippen LogP contribution in [0.25, 0.3) is 0 Å². The number of ether oxygens (including phenoxy) is 1. The van der Waals surface area contributed by atoms with E-state index in [9.17, 15) is 9.59 Å². The minimum Gasteiger partial charge on any atom is -0.491 e. The third-order valence-electron chi connectivity index (χ3n) is 4.19. The molecule has 1 heterocycles. The number of carbonyl (C=O) groups excluding carboxylic acids is 1. The average molecular weight is 275 g/mol. The van der Waals surface area contributed by atoms with Crippen molar-refractivity contribution < 1.29 is 19.4 Å². The fraction of sp³-hybridized carbons (Fsp3) is 0.467. The molecule has 0 aromatic heterocycles. The molecule has 1 saturated carbocycles. The summed E-state index contributed by atoms with van der Waals surface area (Å²) in [6, 6.07) is 7.42. The Bertz CT molecular complexity index is 542. The number of benzene rings is 1. The van der Waals surface area contributed by atoms with E-state index in [0.717, 1.165) is 17.7 Å². The second kappa shape index (κ2) is 5.15. The molecule has 1 amide bonds. The number of fused-ring (bicyclic) bond motifs is 1. The Kier molecular flexibility index (Phi) is 3.34. The lowest BCUT2D eigenvalue weighted by atomic mass is 9.94. The summed E-state index contributed by atoms with van der Waals surface area (Å²) in [5, 5.41) is 12.1. The van der Waals surface area contributed by atoms with Gasteiger partial charge in [-0.2, -0.15) is 0 Å². The number of rotatable bonds is 3. The van der Waals surface area contributed by atoms with Crippen molar-refractivity contribution >= 4 is 11.9 Å². The average Bonchev–Trinajstić information content (AvgIpc) is 3.06. The number of hydrogen-bond acceptors (Lipinski definition) is 3. The van der Waals surface area contributed by atoms with Crippen molar-refractivity contribution in [1.82, 2.24) is 5.32 Å². The number of carboxylic acids is 1. The molecule has 1 aromatic rings. The minimum absolute atomic E-state index is 0.166. The Balaban J connectivity index is 1.70. The molecule has 5 heteroatoms. The van der Waals surface area contributed by atoms with Crippen LogP contribution in [0.4, 0.5) is 0 Å². The first-order valence-corrected chi connectivity index (χ1v) is 6.91. The topological polar surface area (TPSA) is 75.6 Å². The van der Waals surface area contributed by atoms with Gasteiger partial charge in [0.1, 0.15) is 12.4 Å². The lowest BCUT2D eigenvalue weighted by molar-refractivity contribution is -0.146. The van der Waals surface area contributed by atoms with Gasteiger partial charge in [-0.25, -0.2) is 0 Å². The van der Waals surface area contributed by atoms with Crippen molar-refractivity contribution in [3.05, 3.63) is 29.8 Å². The molecule has 3 unspecified atom stereocenters. The van der Waals surface area contributed by atoms with Crippen LogP contribution >= 0.6 is 0 Å². The molecular weight excluding hydrogens is 258 g/mol. The predicted molar refractivity (Wildman–Crippen MR) is 71.3 cm³/mol. The Morgan fingerprint density at radius 1 is 1.20 bits per heavy atom. The van der Waals surface area contributed by atoms with Gasteiger partial charge >= 0.3 is 5.97 Å². The summed E-state index contributed by atoms with van der Waals surface area (Å²) in [4.78, 5) is 23.4. The molecule has 2 N–H and O–H groups in total. The van der Waals surface area contributed by atoms with Crippen LogP contribution in [-0.4, -0.2) is 23.6 Å². The maximum atomic E-state index is 12.3. The standard InChI is InChI=1S/C15H17NO4/c17-14(9-5-3-6-10(9)15(18)19)16-12-8-20-13-7-2-1-4-11(12)13/h1-2,4,7,9-10,12H,3,5-6,8H2,(H,16,17)(H,18,19). The molecule has 3 rings (SSSR count). The molecule has 5 nitrogen and oxygen atoms in total. The van der Waals surface area contributed by atoms with Gasteiger partial charge in [0.15, 0.2) is 0 Å². The van der Waals surface area contributed by atoms with Gasteiger partial charge in [-0.05, 0) is 18.9 Å². The van der Waals surface area contributed by atoms with Gasteiger partial charge in [0.2, 0.25) is 5.91 Å². The van der Waals surface area contributed by atoms with E-state index in [2.05, 4.69) is 5.32 Å². The highest BCUT2D eigenvalue weighted by molar-refractivity contribution is 5.85. The number of hydrogen-bond donors (Lipinski definition) is 2. The number of para-hydroxylation sites is 1. The normalized spacial score (nSPS) is 27.7. The van der Waals surface area contributed by atoms with Crippen molar-refractivity contribution in [3.8, 4) is 5.75 Å². The van der Waals surface area contributed by atoms with Crippen molar-refractivity contribution in [2.45, 2.75) is 25.3 Å². The van der Waals surface area contributed by atoms with E-state index in [-0.39, 0.29) is 11.9 Å². The van der Waals surface area contributed by atoms with E-state index in [1.807, 2.05) is 24.3 Å². The largest absolute Gasteiger partial charge is 0.491 e.